The Balaban J connectivity index is 2.25. The zero-order valence-electron chi connectivity index (χ0n) is 6.62. The summed E-state index contributed by atoms with van der Waals surface area (Å²) in [7, 11) is 0. The van der Waals surface area contributed by atoms with Crippen molar-refractivity contribution in [1.29, 1.82) is 0 Å². The van der Waals surface area contributed by atoms with E-state index in [4.69, 9.17) is 0 Å². The number of allylic oxidation sites excluding steroid dienone is 9. The van der Waals surface area contributed by atoms with Crippen molar-refractivity contribution in [3.63, 3.8) is 0 Å². The standard InChI is InChI=1S/C12H8/c1-3-9-7-8-10-4-2-6-12(10)11(9)5-1/h1,3-8,10H. The van der Waals surface area contributed by atoms with Crippen LogP contribution in [0.2, 0.25) is 0 Å². The monoisotopic (exact) mass is 152 g/mol. The van der Waals surface area contributed by atoms with Crippen LogP contribution in [-0.4, -0.2) is 0 Å². The molecule has 0 aromatic carbocycles. The minimum absolute atomic E-state index is 0.486. The molecule has 0 saturated heterocycles. The molecule has 0 fully saturated rings. The molecule has 0 amide bonds. The maximum absolute atomic E-state index is 3.16. The molecule has 0 N–H and O–H groups in total. The molecule has 0 saturated carbocycles. The molecule has 0 radical (unpaired) electrons. The topological polar surface area (TPSA) is 0 Å². The van der Waals surface area contributed by atoms with Gasteiger partial charge in [-0.3, -0.25) is 0 Å². The SMILES string of the molecule is C1=CC2=C3C=CC=C3C=CC2C=1. The fourth-order valence-electron chi connectivity index (χ4n) is 1.89. The second-order valence-electron chi connectivity index (χ2n) is 3.21. The minimum atomic E-state index is 0.486. The molecule has 0 aromatic heterocycles. The molecule has 1 unspecified atom stereocenters. The minimum Gasteiger partial charge on any atom is -0.124 e. The molecule has 0 bridgehead atoms. The first-order chi connectivity index (χ1) is 5.95. The van der Waals surface area contributed by atoms with Gasteiger partial charge in [-0.05, 0) is 28.9 Å². The van der Waals surface area contributed by atoms with Gasteiger partial charge in [-0.1, -0.05) is 30.4 Å². The molecular weight excluding hydrogens is 144 g/mol. The fraction of sp³-hybridized carbons (Fsp3) is 0.0833. The third kappa shape index (κ3) is 0.628. The van der Waals surface area contributed by atoms with Gasteiger partial charge in [0, 0.05) is 5.92 Å². The number of rotatable bonds is 0. The molecular formula is C12H8. The summed E-state index contributed by atoms with van der Waals surface area (Å²) in [6.07, 6.45) is 15.1. The van der Waals surface area contributed by atoms with E-state index in [1.54, 1.807) is 0 Å². The van der Waals surface area contributed by atoms with Crippen LogP contribution in [0.15, 0.2) is 65.0 Å². The van der Waals surface area contributed by atoms with Crippen molar-refractivity contribution >= 4 is 0 Å². The summed E-state index contributed by atoms with van der Waals surface area (Å²) in [5, 5.41) is 0. The molecule has 0 heteroatoms. The van der Waals surface area contributed by atoms with Crippen molar-refractivity contribution in [1.82, 2.24) is 0 Å². The van der Waals surface area contributed by atoms with Gasteiger partial charge in [0.05, 0.1) is 0 Å². The molecule has 56 valence electrons. The van der Waals surface area contributed by atoms with Crippen molar-refractivity contribution in [2.75, 3.05) is 0 Å². The molecule has 0 aliphatic heterocycles. The average Bonchev–Trinajstić information content (AvgIpc) is 2.71. The number of fused-ring (bicyclic) bond motifs is 2. The number of hydrogen-bond donors (Lipinski definition) is 0. The summed E-state index contributed by atoms with van der Waals surface area (Å²) in [6.45, 7) is 0. The van der Waals surface area contributed by atoms with Crippen LogP contribution in [0.5, 0.6) is 0 Å². The highest BCUT2D eigenvalue weighted by molar-refractivity contribution is 5.63. The Morgan fingerprint density at radius 1 is 1.25 bits per heavy atom. The van der Waals surface area contributed by atoms with E-state index < -0.39 is 0 Å². The van der Waals surface area contributed by atoms with E-state index in [0.29, 0.717) is 5.92 Å². The second-order valence-corrected chi connectivity index (χ2v) is 3.21. The van der Waals surface area contributed by atoms with Crippen LogP contribution in [0.4, 0.5) is 0 Å². The summed E-state index contributed by atoms with van der Waals surface area (Å²) >= 11 is 0. The average molecular weight is 152 g/mol. The quantitative estimate of drug-likeness (QED) is 0.468. The van der Waals surface area contributed by atoms with Gasteiger partial charge in [0.1, 0.15) is 0 Å². The van der Waals surface area contributed by atoms with Gasteiger partial charge in [-0.15, -0.1) is 5.73 Å². The van der Waals surface area contributed by atoms with Crippen LogP contribution in [0.1, 0.15) is 0 Å². The van der Waals surface area contributed by atoms with Gasteiger partial charge in [0.15, 0.2) is 0 Å². The van der Waals surface area contributed by atoms with E-state index in [9.17, 15) is 0 Å². The van der Waals surface area contributed by atoms with E-state index in [1.165, 1.54) is 16.7 Å². The first kappa shape index (κ1) is 6.05. The second kappa shape index (κ2) is 2.00. The van der Waals surface area contributed by atoms with Crippen LogP contribution in [0.3, 0.4) is 0 Å². The lowest BCUT2D eigenvalue weighted by Gasteiger charge is -2.14. The van der Waals surface area contributed by atoms with Crippen molar-refractivity contribution in [3.05, 3.63) is 65.0 Å². The summed E-state index contributed by atoms with van der Waals surface area (Å²) < 4.78 is 0. The Hall–Kier alpha value is -1.52. The molecule has 0 aromatic rings. The predicted octanol–water partition coefficient (Wildman–Crippen LogP) is 2.69. The molecule has 12 heavy (non-hydrogen) atoms. The fourth-order valence-corrected chi connectivity index (χ4v) is 1.89. The molecule has 0 heterocycles. The third-order valence-electron chi connectivity index (χ3n) is 2.52. The van der Waals surface area contributed by atoms with E-state index >= 15 is 0 Å². The molecule has 0 nitrogen and oxygen atoms in total. The zero-order valence-corrected chi connectivity index (χ0v) is 6.62. The van der Waals surface area contributed by atoms with Crippen LogP contribution >= 0.6 is 0 Å². The van der Waals surface area contributed by atoms with Crippen molar-refractivity contribution in [2.24, 2.45) is 5.92 Å². The van der Waals surface area contributed by atoms with Gasteiger partial charge < -0.3 is 0 Å². The van der Waals surface area contributed by atoms with E-state index in [1.807, 2.05) is 0 Å². The third-order valence-corrected chi connectivity index (χ3v) is 2.52. The van der Waals surface area contributed by atoms with Crippen LogP contribution < -0.4 is 0 Å². The Kier molecular flexibility index (Phi) is 1.01. The van der Waals surface area contributed by atoms with Crippen molar-refractivity contribution in [3.8, 4) is 0 Å². The first-order valence-corrected chi connectivity index (χ1v) is 4.19. The van der Waals surface area contributed by atoms with Gasteiger partial charge in [-0.25, -0.2) is 0 Å². The van der Waals surface area contributed by atoms with Gasteiger partial charge in [0.25, 0.3) is 0 Å². The molecule has 3 aliphatic rings. The lowest BCUT2D eigenvalue weighted by molar-refractivity contribution is 0.999. The summed E-state index contributed by atoms with van der Waals surface area (Å²) in [6, 6.07) is 0. The summed E-state index contributed by atoms with van der Waals surface area (Å²) in [5.41, 5.74) is 7.28. The highest BCUT2D eigenvalue weighted by Gasteiger charge is 2.20. The first-order valence-electron chi connectivity index (χ1n) is 4.19. The van der Waals surface area contributed by atoms with E-state index in [0.717, 1.165) is 0 Å². The Morgan fingerprint density at radius 3 is 3.25 bits per heavy atom. The predicted molar refractivity (Wildman–Crippen MR) is 49.5 cm³/mol. The van der Waals surface area contributed by atoms with Gasteiger partial charge >= 0.3 is 0 Å². The summed E-state index contributed by atoms with van der Waals surface area (Å²) in [4.78, 5) is 0. The maximum atomic E-state index is 3.16. The zero-order chi connectivity index (χ0) is 7.97. The normalized spacial score (nSPS) is 28.0. The Bertz CT molecular complexity index is 419. The lowest BCUT2D eigenvalue weighted by atomic mass is 9.89. The molecule has 3 rings (SSSR count). The van der Waals surface area contributed by atoms with E-state index in [2.05, 4.69) is 48.3 Å². The van der Waals surface area contributed by atoms with Crippen molar-refractivity contribution in [2.45, 2.75) is 0 Å². The van der Waals surface area contributed by atoms with Crippen molar-refractivity contribution < 1.29 is 0 Å². The highest BCUT2D eigenvalue weighted by Crippen LogP contribution is 2.35. The molecule has 3 aliphatic carbocycles. The Morgan fingerprint density at radius 2 is 2.25 bits per heavy atom. The maximum Gasteiger partial charge on any atom is 0.0289 e. The summed E-state index contributed by atoms with van der Waals surface area (Å²) in [5.74, 6) is 0.486. The smallest absolute Gasteiger partial charge is 0.0289 e. The number of hydrogen-bond acceptors (Lipinski definition) is 0. The van der Waals surface area contributed by atoms with Crippen LogP contribution in [0, 0.1) is 5.92 Å². The molecule has 0 spiro atoms. The Labute approximate surface area is 71.6 Å². The lowest BCUT2D eigenvalue weighted by Crippen LogP contribution is -2.00. The van der Waals surface area contributed by atoms with Crippen LogP contribution in [0.25, 0.3) is 0 Å². The highest BCUT2D eigenvalue weighted by atomic mass is 14.2. The van der Waals surface area contributed by atoms with Gasteiger partial charge in [-0.2, -0.15) is 0 Å². The largest absolute Gasteiger partial charge is 0.124 e. The van der Waals surface area contributed by atoms with Gasteiger partial charge in [0.2, 0.25) is 0 Å². The molecule has 1 atom stereocenters. The van der Waals surface area contributed by atoms with E-state index in [-0.39, 0.29) is 0 Å². The van der Waals surface area contributed by atoms with Crippen LogP contribution in [-0.2, 0) is 0 Å².